The summed E-state index contributed by atoms with van der Waals surface area (Å²) in [5.41, 5.74) is 1.29. The molecule has 0 aromatic heterocycles. The van der Waals surface area contributed by atoms with Gasteiger partial charge >= 0.3 is 18.1 Å². The van der Waals surface area contributed by atoms with Crippen molar-refractivity contribution in [3.05, 3.63) is 53.1 Å². The first kappa shape index (κ1) is 28.2. The zero-order valence-electron chi connectivity index (χ0n) is 20.7. The van der Waals surface area contributed by atoms with Crippen LogP contribution < -0.4 is 19.7 Å². The summed E-state index contributed by atoms with van der Waals surface area (Å²) >= 11 is 5.96. The number of hydrogen-bond donors (Lipinski definition) is 2. The van der Waals surface area contributed by atoms with Gasteiger partial charge in [-0.05, 0) is 55.8 Å². The van der Waals surface area contributed by atoms with E-state index in [1.807, 2.05) is 24.3 Å². The molecule has 38 heavy (non-hydrogen) atoms. The standard InChI is InChI=1S/C26H29ClF3N3O5/c1-16(34)37-20-6-7-24(38-25(36)26(28,29)30)22(12-20)33-14-21(23(35)15-33)31-19-8-10-32(11-9-19)13-17-2-4-18(27)5-3-17/h2-7,12,19,21,23,31,35H,8-11,13-15H2,1H3. The Morgan fingerprint density at radius 3 is 2.39 bits per heavy atom. The minimum atomic E-state index is -5.18. The van der Waals surface area contributed by atoms with Crippen LogP contribution >= 0.6 is 11.6 Å². The lowest BCUT2D eigenvalue weighted by Crippen LogP contribution is -2.49. The molecule has 8 nitrogen and oxygen atoms in total. The molecule has 2 saturated heterocycles. The Hall–Kier alpha value is -2.86. The van der Waals surface area contributed by atoms with Gasteiger partial charge in [-0.15, -0.1) is 0 Å². The Morgan fingerprint density at radius 2 is 1.76 bits per heavy atom. The number of carbonyl (C=O) groups excluding carboxylic acids is 2. The minimum absolute atomic E-state index is 0.0817. The molecule has 2 aliphatic rings. The molecule has 4 rings (SSSR count). The van der Waals surface area contributed by atoms with Gasteiger partial charge in [0.2, 0.25) is 0 Å². The van der Waals surface area contributed by atoms with E-state index in [-0.39, 0.29) is 42.4 Å². The van der Waals surface area contributed by atoms with Crippen LogP contribution in [0, 0.1) is 0 Å². The smallest absolute Gasteiger partial charge is 0.427 e. The van der Waals surface area contributed by atoms with Gasteiger partial charge in [0.1, 0.15) is 5.75 Å². The van der Waals surface area contributed by atoms with E-state index in [1.165, 1.54) is 24.6 Å². The van der Waals surface area contributed by atoms with Crippen molar-refractivity contribution in [1.82, 2.24) is 10.2 Å². The third-order valence-electron chi connectivity index (χ3n) is 6.61. The number of aliphatic hydroxyl groups excluding tert-OH is 1. The van der Waals surface area contributed by atoms with Gasteiger partial charge in [0.25, 0.3) is 0 Å². The van der Waals surface area contributed by atoms with E-state index in [2.05, 4.69) is 15.0 Å². The van der Waals surface area contributed by atoms with Gasteiger partial charge in [0, 0.05) is 43.7 Å². The van der Waals surface area contributed by atoms with Crippen molar-refractivity contribution >= 4 is 29.2 Å². The normalized spacial score (nSPS) is 20.9. The summed E-state index contributed by atoms with van der Waals surface area (Å²) in [6.07, 6.45) is -4.26. The SMILES string of the molecule is CC(=O)Oc1ccc(OC(=O)C(F)(F)F)c(N2CC(O)C(NC3CCN(Cc4ccc(Cl)cc4)CC3)C2)c1. The fraction of sp³-hybridized carbons (Fsp3) is 0.462. The Morgan fingerprint density at radius 1 is 1.08 bits per heavy atom. The van der Waals surface area contributed by atoms with Gasteiger partial charge in [-0.25, -0.2) is 4.79 Å². The van der Waals surface area contributed by atoms with Crippen molar-refractivity contribution in [2.45, 2.75) is 50.7 Å². The van der Waals surface area contributed by atoms with E-state index in [0.29, 0.717) is 5.02 Å². The zero-order chi connectivity index (χ0) is 27.4. The number of halogens is 4. The summed E-state index contributed by atoms with van der Waals surface area (Å²) in [5, 5.41) is 14.9. The van der Waals surface area contributed by atoms with Gasteiger partial charge in [0.15, 0.2) is 5.75 Å². The topological polar surface area (TPSA) is 91.3 Å². The van der Waals surface area contributed by atoms with E-state index in [4.69, 9.17) is 16.3 Å². The highest BCUT2D eigenvalue weighted by Crippen LogP contribution is 2.36. The number of rotatable bonds is 7. The van der Waals surface area contributed by atoms with E-state index < -0.39 is 24.2 Å². The average Bonchev–Trinajstić information content (AvgIpc) is 3.21. The van der Waals surface area contributed by atoms with Crippen LogP contribution in [0.2, 0.25) is 5.02 Å². The molecule has 0 spiro atoms. The van der Waals surface area contributed by atoms with Crippen LogP contribution in [0.15, 0.2) is 42.5 Å². The molecular formula is C26H29ClF3N3O5. The maximum atomic E-state index is 12.8. The van der Waals surface area contributed by atoms with Crippen molar-refractivity contribution in [3.8, 4) is 11.5 Å². The Kier molecular flexibility index (Phi) is 8.81. The molecule has 2 fully saturated rings. The second-order valence-corrected chi connectivity index (χ2v) is 9.97. The summed E-state index contributed by atoms with van der Waals surface area (Å²) in [7, 11) is 0. The molecule has 0 bridgehead atoms. The van der Waals surface area contributed by atoms with E-state index in [0.717, 1.165) is 38.5 Å². The first-order chi connectivity index (χ1) is 18.0. The van der Waals surface area contributed by atoms with Gasteiger partial charge < -0.3 is 24.8 Å². The van der Waals surface area contributed by atoms with Crippen LogP contribution in [-0.2, 0) is 16.1 Å². The Bertz CT molecular complexity index is 1140. The van der Waals surface area contributed by atoms with E-state index >= 15 is 0 Å². The summed E-state index contributed by atoms with van der Waals surface area (Å²) in [5.74, 6) is -3.23. The Labute approximate surface area is 223 Å². The lowest BCUT2D eigenvalue weighted by molar-refractivity contribution is -0.189. The largest absolute Gasteiger partial charge is 0.491 e. The molecule has 0 radical (unpaired) electrons. The lowest BCUT2D eigenvalue weighted by Gasteiger charge is -2.34. The molecule has 0 aliphatic carbocycles. The number of alkyl halides is 3. The third kappa shape index (κ3) is 7.37. The maximum absolute atomic E-state index is 12.8. The molecule has 2 aromatic rings. The third-order valence-corrected chi connectivity index (χ3v) is 6.86. The predicted molar refractivity (Wildman–Crippen MR) is 134 cm³/mol. The highest BCUT2D eigenvalue weighted by molar-refractivity contribution is 6.30. The summed E-state index contributed by atoms with van der Waals surface area (Å²) in [4.78, 5) is 26.8. The minimum Gasteiger partial charge on any atom is -0.427 e. The average molecular weight is 556 g/mol. The van der Waals surface area contributed by atoms with Crippen LogP contribution in [0.5, 0.6) is 11.5 Å². The second kappa shape index (κ2) is 11.9. The van der Waals surface area contributed by atoms with Crippen LogP contribution in [0.4, 0.5) is 18.9 Å². The lowest BCUT2D eigenvalue weighted by atomic mass is 10.0. The summed E-state index contributed by atoms with van der Waals surface area (Å²) in [6.45, 7) is 4.10. The molecule has 2 N–H and O–H groups in total. The summed E-state index contributed by atoms with van der Waals surface area (Å²) < 4.78 is 48.2. The molecular weight excluding hydrogens is 527 g/mol. The number of aliphatic hydroxyl groups is 1. The van der Waals surface area contributed by atoms with Crippen LogP contribution in [0.1, 0.15) is 25.3 Å². The number of hydrogen-bond acceptors (Lipinski definition) is 8. The highest BCUT2D eigenvalue weighted by atomic mass is 35.5. The number of esters is 2. The molecule has 2 atom stereocenters. The quantitative estimate of drug-likeness (QED) is 0.396. The zero-order valence-corrected chi connectivity index (χ0v) is 21.5. The van der Waals surface area contributed by atoms with Crippen molar-refractivity contribution in [2.75, 3.05) is 31.1 Å². The molecule has 2 aromatic carbocycles. The van der Waals surface area contributed by atoms with Crippen molar-refractivity contribution < 1.29 is 37.3 Å². The number of β-amino-alcohol motifs (C(OH)–C–C–N with tert-alkyl or cyclic N) is 1. The Balaban J connectivity index is 1.38. The maximum Gasteiger partial charge on any atom is 0.491 e. The van der Waals surface area contributed by atoms with Gasteiger partial charge in [-0.2, -0.15) is 13.2 Å². The summed E-state index contributed by atoms with van der Waals surface area (Å²) in [6, 6.07) is 11.3. The molecule has 206 valence electrons. The van der Waals surface area contributed by atoms with Crippen LogP contribution in [0.25, 0.3) is 0 Å². The van der Waals surface area contributed by atoms with Crippen molar-refractivity contribution in [2.24, 2.45) is 0 Å². The second-order valence-electron chi connectivity index (χ2n) is 9.53. The number of ether oxygens (including phenoxy) is 2. The predicted octanol–water partition coefficient (Wildman–Crippen LogP) is 3.54. The molecule has 0 saturated carbocycles. The first-order valence-electron chi connectivity index (χ1n) is 12.3. The first-order valence-corrected chi connectivity index (χ1v) is 12.6. The van der Waals surface area contributed by atoms with E-state index in [9.17, 15) is 27.9 Å². The molecule has 2 heterocycles. The van der Waals surface area contributed by atoms with Gasteiger partial charge in [0.05, 0.1) is 17.8 Å². The molecule has 0 amide bonds. The molecule has 2 unspecified atom stereocenters. The number of nitrogens with zero attached hydrogens (tertiary/aromatic N) is 2. The van der Waals surface area contributed by atoms with Crippen LogP contribution in [0.3, 0.4) is 0 Å². The van der Waals surface area contributed by atoms with E-state index in [1.54, 1.807) is 4.90 Å². The fourth-order valence-electron chi connectivity index (χ4n) is 4.77. The number of piperidine rings is 1. The number of nitrogens with one attached hydrogen (secondary N) is 1. The van der Waals surface area contributed by atoms with Crippen molar-refractivity contribution in [1.29, 1.82) is 0 Å². The highest BCUT2D eigenvalue weighted by Gasteiger charge is 2.42. The number of likely N-dealkylation sites (tertiary alicyclic amines) is 1. The number of carbonyl (C=O) groups is 2. The fourth-order valence-corrected chi connectivity index (χ4v) is 4.90. The van der Waals surface area contributed by atoms with Crippen molar-refractivity contribution in [3.63, 3.8) is 0 Å². The monoisotopic (exact) mass is 555 g/mol. The van der Waals surface area contributed by atoms with Gasteiger partial charge in [-0.3, -0.25) is 9.69 Å². The number of anilines is 1. The molecule has 12 heteroatoms. The van der Waals surface area contributed by atoms with Crippen LogP contribution in [-0.4, -0.2) is 72.5 Å². The molecule has 2 aliphatic heterocycles. The van der Waals surface area contributed by atoms with Gasteiger partial charge in [-0.1, -0.05) is 23.7 Å². The number of benzene rings is 2.